The summed E-state index contributed by atoms with van der Waals surface area (Å²) in [6.45, 7) is 0.497. The lowest BCUT2D eigenvalue weighted by atomic mass is 10.1. The molecule has 1 unspecified atom stereocenters. The zero-order valence-electron chi connectivity index (χ0n) is 10.3. The number of carbonyl (C=O) groups is 1. The molecular weight excluding hydrogens is 265 g/mol. The third kappa shape index (κ3) is 4.58. The van der Waals surface area contributed by atoms with E-state index in [1.54, 1.807) is 4.90 Å². The Kier molecular flexibility index (Phi) is 5.40. The number of nitrogens with two attached hydrogens (primary N) is 1. The number of amidine groups is 1. The van der Waals surface area contributed by atoms with Crippen molar-refractivity contribution in [2.45, 2.75) is 19.0 Å². The molecule has 19 heavy (non-hydrogen) atoms. The van der Waals surface area contributed by atoms with Gasteiger partial charge in [-0.05, 0) is 12.8 Å². The second kappa shape index (κ2) is 6.60. The van der Waals surface area contributed by atoms with E-state index in [0.717, 1.165) is 12.8 Å². The van der Waals surface area contributed by atoms with Crippen molar-refractivity contribution in [2.24, 2.45) is 16.8 Å². The summed E-state index contributed by atoms with van der Waals surface area (Å²) in [5.41, 5.74) is 4.99. The monoisotopic (exact) mass is 282 g/mol. The van der Waals surface area contributed by atoms with Gasteiger partial charge < -0.3 is 21.2 Å². The first-order chi connectivity index (χ1) is 8.86. The van der Waals surface area contributed by atoms with Crippen LogP contribution in [0.2, 0.25) is 0 Å². The summed E-state index contributed by atoms with van der Waals surface area (Å²) in [7, 11) is 0. The first kappa shape index (κ1) is 15.5. The predicted octanol–water partition coefficient (Wildman–Crippen LogP) is 0.123. The van der Waals surface area contributed by atoms with Gasteiger partial charge in [0.25, 0.3) is 0 Å². The molecule has 0 bridgehead atoms. The van der Waals surface area contributed by atoms with Crippen molar-refractivity contribution in [3.63, 3.8) is 0 Å². The maximum Gasteiger partial charge on any atom is 0.400 e. The number of hydrogen-bond acceptors (Lipinski definition) is 4. The minimum Gasteiger partial charge on any atom is -0.409 e. The smallest absolute Gasteiger partial charge is 0.400 e. The first-order valence-electron chi connectivity index (χ1n) is 5.89. The minimum absolute atomic E-state index is 0.189. The Morgan fingerprint density at radius 1 is 1.42 bits per heavy atom. The van der Waals surface area contributed by atoms with Crippen molar-refractivity contribution < 1.29 is 23.2 Å². The number of oxime groups is 1. The molecule has 0 spiro atoms. The number of nitrogens with zero attached hydrogens (tertiary/aromatic N) is 2. The van der Waals surface area contributed by atoms with Crippen LogP contribution in [0.15, 0.2) is 5.16 Å². The highest BCUT2D eigenvalue weighted by Crippen LogP contribution is 2.25. The summed E-state index contributed by atoms with van der Waals surface area (Å²) in [4.78, 5) is 13.2. The fourth-order valence-corrected chi connectivity index (χ4v) is 1.86. The Labute approximate surface area is 108 Å². The fraction of sp³-hybridized carbons (Fsp3) is 0.800. The number of alkyl halides is 3. The van der Waals surface area contributed by atoms with Gasteiger partial charge >= 0.3 is 6.18 Å². The Morgan fingerprint density at radius 3 is 2.47 bits per heavy atom. The van der Waals surface area contributed by atoms with Gasteiger partial charge in [-0.1, -0.05) is 5.16 Å². The van der Waals surface area contributed by atoms with Crippen molar-refractivity contribution >= 4 is 11.7 Å². The quantitative estimate of drug-likeness (QED) is 0.289. The molecule has 1 amide bonds. The van der Waals surface area contributed by atoms with E-state index < -0.39 is 24.5 Å². The number of halogens is 3. The van der Waals surface area contributed by atoms with Crippen LogP contribution in [0, 0.1) is 5.92 Å². The zero-order chi connectivity index (χ0) is 14.5. The summed E-state index contributed by atoms with van der Waals surface area (Å²) >= 11 is 0. The van der Waals surface area contributed by atoms with Crippen molar-refractivity contribution in [2.75, 3.05) is 26.2 Å². The third-order valence-electron chi connectivity index (χ3n) is 2.95. The van der Waals surface area contributed by atoms with Crippen LogP contribution in [0.4, 0.5) is 13.2 Å². The van der Waals surface area contributed by atoms with Gasteiger partial charge in [-0.2, -0.15) is 13.2 Å². The van der Waals surface area contributed by atoms with Gasteiger partial charge in [0.05, 0.1) is 6.54 Å². The summed E-state index contributed by atoms with van der Waals surface area (Å²) in [6.07, 6.45) is -2.79. The van der Waals surface area contributed by atoms with Crippen LogP contribution < -0.4 is 11.1 Å². The lowest BCUT2D eigenvalue weighted by Gasteiger charge is -2.20. The van der Waals surface area contributed by atoms with Crippen LogP contribution >= 0.6 is 0 Å². The predicted molar refractivity (Wildman–Crippen MR) is 61.6 cm³/mol. The largest absolute Gasteiger partial charge is 0.409 e. The standard InChI is InChI=1S/C10H17F3N4O2/c11-10(12,13)7(9(14)16-19)5-15-6-8(18)17-3-1-2-4-17/h7,15,19H,1-6H2,(H2,14,16). The Hall–Kier alpha value is -1.51. The van der Waals surface area contributed by atoms with Crippen molar-refractivity contribution in [1.82, 2.24) is 10.2 Å². The number of likely N-dealkylation sites (tertiary alicyclic amines) is 1. The van der Waals surface area contributed by atoms with E-state index in [9.17, 15) is 18.0 Å². The molecule has 110 valence electrons. The normalized spacial score (nSPS) is 18.7. The van der Waals surface area contributed by atoms with E-state index in [1.807, 2.05) is 0 Å². The molecule has 0 saturated carbocycles. The molecule has 1 heterocycles. The van der Waals surface area contributed by atoms with Crippen LogP contribution in [0.5, 0.6) is 0 Å². The number of carbonyl (C=O) groups excluding carboxylic acids is 1. The zero-order valence-corrected chi connectivity index (χ0v) is 10.3. The van der Waals surface area contributed by atoms with Gasteiger partial charge in [-0.25, -0.2) is 0 Å². The van der Waals surface area contributed by atoms with Crippen LogP contribution in [0.3, 0.4) is 0 Å². The summed E-state index contributed by atoms with van der Waals surface area (Å²) in [5, 5.41) is 13.1. The maximum atomic E-state index is 12.6. The van der Waals surface area contributed by atoms with E-state index in [4.69, 9.17) is 10.9 Å². The van der Waals surface area contributed by atoms with Gasteiger partial charge in [-0.3, -0.25) is 4.79 Å². The van der Waals surface area contributed by atoms with Gasteiger partial charge in [0.15, 0.2) is 5.84 Å². The molecule has 4 N–H and O–H groups in total. The molecule has 1 aliphatic rings. The SMILES string of the molecule is NC(=NO)C(CNCC(=O)N1CCCC1)C(F)(F)F. The lowest BCUT2D eigenvalue weighted by molar-refractivity contribution is -0.155. The van der Waals surface area contributed by atoms with Gasteiger partial charge in [0.1, 0.15) is 5.92 Å². The Balaban J connectivity index is 2.42. The second-order valence-corrected chi connectivity index (χ2v) is 4.34. The molecule has 0 aromatic rings. The van der Waals surface area contributed by atoms with Crippen LogP contribution in [-0.2, 0) is 4.79 Å². The number of nitrogens with one attached hydrogen (secondary N) is 1. The van der Waals surface area contributed by atoms with Crippen molar-refractivity contribution in [3.05, 3.63) is 0 Å². The molecule has 9 heteroatoms. The molecule has 0 aliphatic carbocycles. The average molecular weight is 282 g/mol. The number of rotatable bonds is 5. The lowest BCUT2D eigenvalue weighted by Crippen LogP contribution is -2.45. The number of amides is 1. The highest BCUT2D eigenvalue weighted by Gasteiger charge is 2.42. The fourth-order valence-electron chi connectivity index (χ4n) is 1.86. The van der Waals surface area contributed by atoms with E-state index >= 15 is 0 Å². The molecule has 1 atom stereocenters. The maximum absolute atomic E-state index is 12.6. The molecule has 0 radical (unpaired) electrons. The van der Waals surface area contributed by atoms with E-state index in [0.29, 0.717) is 13.1 Å². The van der Waals surface area contributed by atoms with Gasteiger partial charge in [-0.15, -0.1) is 0 Å². The Bertz CT molecular complexity index is 340. The van der Waals surface area contributed by atoms with Crippen molar-refractivity contribution in [1.29, 1.82) is 0 Å². The van der Waals surface area contributed by atoms with Crippen molar-refractivity contribution in [3.8, 4) is 0 Å². The van der Waals surface area contributed by atoms with E-state index in [1.165, 1.54) is 0 Å². The van der Waals surface area contributed by atoms with Crippen LogP contribution in [0.1, 0.15) is 12.8 Å². The molecular formula is C10H17F3N4O2. The molecule has 1 aliphatic heterocycles. The summed E-state index contributed by atoms with van der Waals surface area (Å²) in [6, 6.07) is 0. The number of hydrogen-bond donors (Lipinski definition) is 3. The molecule has 6 nitrogen and oxygen atoms in total. The molecule has 1 rings (SSSR count). The topological polar surface area (TPSA) is 91.0 Å². The van der Waals surface area contributed by atoms with Gasteiger partial charge in [0.2, 0.25) is 5.91 Å². The average Bonchev–Trinajstić information content (AvgIpc) is 2.85. The van der Waals surface area contributed by atoms with E-state index in [-0.39, 0.29) is 12.5 Å². The highest BCUT2D eigenvalue weighted by atomic mass is 19.4. The highest BCUT2D eigenvalue weighted by molar-refractivity contribution is 5.83. The van der Waals surface area contributed by atoms with Crippen LogP contribution in [0.25, 0.3) is 0 Å². The minimum atomic E-state index is -4.62. The molecule has 1 fully saturated rings. The third-order valence-corrected chi connectivity index (χ3v) is 2.95. The van der Waals surface area contributed by atoms with Crippen LogP contribution in [-0.4, -0.2) is 54.2 Å². The second-order valence-electron chi connectivity index (χ2n) is 4.34. The molecule has 0 aromatic carbocycles. The Morgan fingerprint density at radius 2 is 2.00 bits per heavy atom. The van der Waals surface area contributed by atoms with E-state index in [2.05, 4.69) is 10.5 Å². The molecule has 0 aromatic heterocycles. The first-order valence-corrected chi connectivity index (χ1v) is 5.89. The summed E-state index contributed by atoms with van der Waals surface area (Å²) < 4.78 is 37.7. The van der Waals surface area contributed by atoms with Gasteiger partial charge in [0, 0.05) is 19.6 Å². The summed E-state index contributed by atoms with van der Waals surface area (Å²) in [5.74, 6) is -3.27. The molecule has 1 saturated heterocycles.